The number of carbonyl (C=O) groups is 6. The van der Waals surface area contributed by atoms with Gasteiger partial charge in [-0.2, -0.15) is 50.5 Å². The maximum absolute atomic E-state index is 12.5. The molecule has 0 radical (unpaired) electrons. The van der Waals surface area contributed by atoms with Crippen LogP contribution < -0.4 is 0 Å². The van der Waals surface area contributed by atoms with E-state index in [-0.39, 0.29) is 73.1 Å². The quantitative estimate of drug-likeness (QED) is 0.0215. The molecule has 12 nitrogen and oxygen atoms in total. The van der Waals surface area contributed by atoms with E-state index in [2.05, 4.69) is 64.4 Å². The summed E-state index contributed by atoms with van der Waals surface area (Å²) in [5.74, 6) is -3.03. The second-order valence-corrected chi connectivity index (χ2v) is 21.4. The molecule has 0 fully saturated rings. The van der Waals surface area contributed by atoms with Gasteiger partial charge in [-0.05, 0) is 25.0 Å². The number of hydrogen-bond acceptors (Lipinski definition) is 16. The first-order chi connectivity index (χ1) is 31.9. The SMILES string of the molecule is CC(S)CC(=O)OCC(COC(=O)CC(C)S)(COC(=O)CC(C)S)COC(=O)CC(C)S.CCCCCCCCCCCOC(=O)c1ccccc1C(=O)OCCCCCCCCCCC. The highest BCUT2D eigenvalue weighted by atomic mass is 32.1. The van der Waals surface area contributed by atoms with Gasteiger partial charge in [0.1, 0.15) is 31.8 Å². The predicted octanol–water partition coefficient (Wildman–Crippen LogP) is 12.0. The molecule has 4 unspecified atom stereocenters. The Hall–Kier alpha value is -2.56. The van der Waals surface area contributed by atoms with Crippen LogP contribution in [0.4, 0.5) is 0 Å². The molecule has 0 aliphatic rings. The molecule has 0 bridgehead atoms. The summed E-state index contributed by atoms with van der Waals surface area (Å²) < 4.78 is 32.3. The molecule has 0 spiro atoms. The fourth-order valence-corrected chi connectivity index (χ4v) is 7.13. The Balaban J connectivity index is 0.00000130. The van der Waals surface area contributed by atoms with Crippen LogP contribution in [0.5, 0.6) is 0 Å². The van der Waals surface area contributed by atoms with Crippen molar-refractivity contribution in [3.05, 3.63) is 35.4 Å². The molecule has 0 saturated heterocycles. The maximum Gasteiger partial charge on any atom is 0.339 e. The lowest BCUT2D eigenvalue weighted by Gasteiger charge is -2.32. The van der Waals surface area contributed by atoms with E-state index in [1.165, 1.54) is 89.9 Å². The fourth-order valence-electron chi connectivity index (χ4n) is 6.53. The van der Waals surface area contributed by atoms with Gasteiger partial charge in [-0.3, -0.25) is 19.2 Å². The van der Waals surface area contributed by atoms with E-state index < -0.39 is 41.2 Å². The fraction of sp³-hybridized carbons (Fsp3) is 0.765. The van der Waals surface area contributed by atoms with Crippen LogP contribution in [0.25, 0.3) is 0 Å². The van der Waals surface area contributed by atoms with E-state index in [1.807, 2.05) is 0 Å². The molecule has 1 aromatic carbocycles. The highest BCUT2D eigenvalue weighted by molar-refractivity contribution is 7.81. The maximum atomic E-state index is 12.5. The Morgan fingerprint density at radius 3 is 0.881 bits per heavy atom. The molecule has 0 aromatic heterocycles. The number of rotatable bonds is 38. The summed E-state index contributed by atoms with van der Waals surface area (Å²) in [6.07, 6.45) is 22.1. The molecule has 4 atom stereocenters. The molecular formula is C51H86O12S4. The molecule has 1 aromatic rings. The smallest absolute Gasteiger partial charge is 0.339 e. The second-order valence-electron chi connectivity index (χ2n) is 17.8. The van der Waals surface area contributed by atoms with Crippen LogP contribution in [0.2, 0.25) is 0 Å². The van der Waals surface area contributed by atoms with Crippen LogP contribution in [-0.2, 0) is 47.6 Å². The summed E-state index contributed by atoms with van der Waals surface area (Å²) in [6, 6.07) is 6.81. The number of esters is 6. The zero-order valence-corrected chi connectivity index (χ0v) is 45.2. The van der Waals surface area contributed by atoms with Gasteiger partial charge in [0.05, 0.1) is 50.0 Å². The van der Waals surface area contributed by atoms with Gasteiger partial charge in [-0.25, -0.2) is 9.59 Å². The summed E-state index contributed by atoms with van der Waals surface area (Å²) in [6.45, 7) is 11.0. The van der Waals surface area contributed by atoms with Crippen molar-refractivity contribution in [2.24, 2.45) is 5.41 Å². The predicted molar refractivity (Wildman–Crippen MR) is 280 cm³/mol. The summed E-state index contributed by atoms with van der Waals surface area (Å²) in [5, 5.41) is -0.922. The van der Waals surface area contributed by atoms with E-state index in [4.69, 9.17) is 28.4 Å². The van der Waals surface area contributed by atoms with Crippen molar-refractivity contribution in [2.45, 2.75) is 204 Å². The van der Waals surface area contributed by atoms with Crippen molar-refractivity contribution in [1.29, 1.82) is 0 Å². The van der Waals surface area contributed by atoms with E-state index in [0.29, 0.717) is 24.3 Å². The minimum absolute atomic E-state index is 0.0457. The Labute approximate surface area is 425 Å². The zero-order valence-electron chi connectivity index (χ0n) is 41.6. The lowest BCUT2D eigenvalue weighted by Crippen LogP contribution is -2.44. The Kier molecular flexibility index (Phi) is 39.7. The standard InChI is InChI=1S/C30H50O4.C21H36O8S4/c1-3-5-7-9-11-13-15-17-21-25-33-29(31)27-23-19-20-24-28(27)30(32)34-26-22-18-16-14-12-10-8-6-4-2;1-13(30)5-17(22)26-9-21(10-27-18(23)6-14(2)31,11-28-19(24)7-15(3)32)12-29-20(25)8-16(4)33/h19-20,23-24H,3-18,21-22,25-26H2,1-2H3;13-16,30-33H,5-12H2,1-4H3. The highest BCUT2D eigenvalue weighted by Crippen LogP contribution is 2.24. The van der Waals surface area contributed by atoms with Gasteiger partial charge in [0, 0.05) is 21.0 Å². The summed E-state index contributed by atoms with van der Waals surface area (Å²) in [4.78, 5) is 73.5. The number of ether oxygens (including phenoxy) is 6. The second kappa shape index (κ2) is 41.2. The minimum atomic E-state index is -1.30. The van der Waals surface area contributed by atoms with Gasteiger partial charge in [0.2, 0.25) is 0 Å². The van der Waals surface area contributed by atoms with E-state index in [0.717, 1.165) is 25.7 Å². The molecule has 0 aliphatic carbocycles. The lowest BCUT2D eigenvalue weighted by molar-refractivity contribution is -0.170. The van der Waals surface area contributed by atoms with Crippen LogP contribution in [0.15, 0.2) is 24.3 Å². The topological polar surface area (TPSA) is 158 Å². The number of hydrogen-bond donors (Lipinski definition) is 4. The van der Waals surface area contributed by atoms with E-state index >= 15 is 0 Å². The van der Waals surface area contributed by atoms with Crippen molar-refractivity contribution in [3.63, 3.8) is 0 Å². The van der Waals surface area contributed by atoms with Crippen molar-refractivity contribution in [1.82, 2.24) is 0 Å². The van der Waals surface area contributed by atoms with Crippen molar-refractivity contribution >= 4 is 86.3 Å². The zero-order chi connectivity index (χ0) is 50.3. The van der Waals surface area contributed by atoms with Gasteiger partial charge in [0.25, 0.3) is 0 Å². The van der Waals surface area contributed by atoms with Crippen LogP contribution in [0.3, 0.4) is 0 Å². The van der Waals surface area contributed by atoms with E-state index in [9.17, 15) is 28.8 Å². The normalized spacial score (nSPS) is 13.6. The van der Waals surface area contributed by atoms with Gasteiger partial charge in [-0.1, -0.05) is 156 Å². The molecule has 386 valence electrons. The summed E-state index contributed by atoms with van der Waals surface area (Å²) in [7, 11) is 0. The molecule has 67 heavy (non-hydrogen) atoms. The summed E-state index contributed by atoms with van der Waals surface area (Å²) in [5.41, 5.74) is -0.693. The molecule has 16 heteroatoms. The van der Waals surface area contributed by atoms with Gasteiger partial charge >= 0.3 is 35.8 Å². The average molecular weight is 1020 g/mol. The van der Waals surface area contributed by atoms with Crippen molar-refractivity contribution < 1.29 is 57.2 Å². The largest absolute Gasteiger partial charge is 0.465 e. The Bertz CT molecular complexity index is 1340. The van der Waals surface area contributed by atoms with Crippen molar-refractivity contribution in [2.75, 3.05) is 39.6 Å². The first kappa shape index (κ1) is 64.4. The Morgan fingerprint density at radius 2 is 0.642 bits per heavy atom. The number of benzene rings is 1. The van der Waals surface area contributed by atoms with Gasteiger partial charge in [-0.15, -0.1) is 0 Å². The third-order valence-corrected chi connectivity index (χ3v) is 11.1. The first-order valence-corrected chi connectivity index (χ1v) is 26.8. The molecular weight excluding hydrogens is 933 g/mol. The van der Waals surface area contributed by atoms with Crippen LogP contribution in [-0.4, -0.2) is 96.5 Å². The highest BCUT2D eigenvalue weighted by Gasteiger charge is 2.38. The number of carbonyl (C=O) groups excluding carboxylic acids is 6. The van der Waals surface area contributed by atoms with E-state index in [1.54, 1.807) is 52.0 Å². The molecule has 1 rings (SSSR count). The number of unbranched alkanes of at least 4 members (excludes halogenated alkanes) is 16. The summed E-state index contributed by atoms with van der Waals surface area (Å²) >= 11 is 16.7. The van der Waals surface area contributed by atoms with Gasteiger partial charge < -0.3 is 28.4 Å². The Morgan fingerprint density at radius 1 is 0.403 bits per heavy atom. The third-order valence-electron chi connectivity index (χ3n) is 10.3. The monoisotopic (exact) mass is 1020 g/mol. The minimum Gasteiger partial charge on any atom is -0.465 e. The molecule has 0 amide bonds. The molecule has 0 aliphatic heterocycles. The molecule has 0 saturated carbocycles. The molecule has 0 heterocycles. The van der Waals surface area contributed by atoms with Crippen molar-refractivity contribution in [3.8, 4) is 0 Å². The number of thiol groups is 4. The van der Waals surface area contributed by atoms with Crippen LogP contribution in [0.1, 0.15) is 204 Å². The third kappa shape index (κ3) is 37.0. The first-order valence-electron chi connectivity index (χ1n) is 24.7. The van der Waals surface area contributed by atoms with Crippen LogP contribution in [0, 0.1) is 5.41 Å². The molecule has 0 N–H and O–H groups in total. The van der Waals surface area contributed by atoms with Gasteiger partial charge in [0.15, 0.2) is 0 Å². The average Bonchev–Trinajstić information content (AvgIpc) is 3.26. The van der Waals surface area contributed by atoms with Crippen LogP contribution >= 0.6 is 50.5 Å². The lowest BCUT2D eigenvalue weighted by atomic mass is 9.92.